The number of benzene rings is 1. The second-order valence-corrected chi connectivity index (χ2v) is 5.78. The van der Waals surface area contributed by atoms with Crippen LogP contribution >= 0.6 is 11.6 Å². The van der Waals surface area contributed by atoms with Gasteiger partial charge >= 0.3 is 0 Å². The Kier molecular flexibility index (Phi) is 5.32. The van der Waals surface area contributed by atoms with Crippen LogP contribution in [0.15, 0.2) is 18.2 Å². The molecule has 96 valence electrons. The Bertz CT molecular complexity index is 459. The zero-order valence-corrected chi connectivity index (χ0v) is 10.9. The summed E-state index contributed by atoms with van der Waals surface area (Å²) in [7, 11) is -3.18. The maximum absolute atomic E-state index is 13.3. The molecule has 0 heterocycles. The largest absolute Gasteiger partial charge is 0.311 e. The van der Waals surface area contributed by atoms with Crippen molar-refractivity contribution in [2.24, 2.45) is 0 Å². The van der Waals surface area contributed by atoms with Crippen LogP contribution in [0.2, 0.25) is 5.02 Å². The van der Waals surface area contributed by atoms with Crippen LogP contribution in [0, 0.1) is 5.82 Å². The molecule has 0 aliphatic heterocycles. The highest BCUT2D eigenvalue weighted by atomic mass is 35.5. The summed E-state index contributed by atoms with van der Waals surface area (Å²) in [6.07, 6.45) is 1.08. The fourth-order valence-electron chi connectivity index (χ4n) is 1.24. The van der Waals surface area contributed by atoms with Crippen LogP contribution in [0.25, 0.3) is 0 Å². The third-order valence-corrected chi connectivity index (χ3v) is 3.11. The lowest BCUT2D eigenvalue weighted by Gasteiger charge is -2.08. The molecule has 0 atom stereocenters. The van der Waals surface area contributed by atoms with E-state index in [9.17, 15) is 12.8 Å². The molecule has 17 heavy (non-hydrogen) atoms. The van der Waals surface area contributed by atoms with E-state index in [-0.39, 0.29) is 18.9 Å². The average molecular weight is 281 g/mol. The summed E-state index contributed by atoms with van der Waals surface area (Å²) >= 11 is 5.82. The second-order valence-electron chi connectivity index (χ2n) is 3.54. The average Bonchev–Trinajstić information content (AvgIpc) is 2.20. The van der Waals surface area contributed by atoms with Gasteiger partial charge in [0.15, 0.2) is 0 Å². The van der Waals surface area contributed by atoms with Gasteiger partial charge in [0.2, 0.25) is 10.0 Å². The molecule has 2 N–H and O–H groups in total. The zero-order valence-electron chi connectivity index (χ0n) is 9.33. The van der Waals surface area contributed by atoms with Gasteiger partial charge in [-0.2, -0.15) is 0 Å². The molecule has 0 radical (unpaired) electrons. The van der Waals surface area contributed by atoms with Crippen LogP contribution < -0.4 is 10.0 Å². The summed E-state index contributed by atoms with van der Waals surface area (Å²) in [6.45, 7) is 0.916. The van der Waals surface area contributed by atoms with Crippen molar-refractivity contribution >= 4 is 21.6 Å². The van der Waals surface area contributed by atoms with E-state index >= 15 is 0 Å². The van der Waals surface area contributed by atoms with Gasteiger partial charge in [-0.3, -0.25) is 0 Å². The molecule has 1 rings (SSSR count). The van der Waals surface area contributed by atoms with Gasteiger partial charge in [-0.15, -0.1) is 0 Å². The monoisotopic (exact) mass is 280 g/mol. The van der Waals surface area contributed by atoms with Gasteiger partial charge in [-0.1, -0.05) is 17.7 Å². The Labute approximate surface area is 105 Å². The first-order valence-electron chi connectivity index (χ1n) is 4.98. The highest BCUT2D eigenvalue weighted by molar-refractivity contribution is 7.88. The molecule has 1 aromatic carbocycles. The van der Waals surface area contributed by atoms with Crippen molar-refractivity contribution in [3.8, 4) is 0 Å². The van der Waals surface area contributed by atoms with Crippen molar-refractivity contribution in [2.45, 2.75) is 6.54 Å². The number of nitrogens with one attached hydrogen (secondary N) is 2. The van der Waals surface area contributed by atoms with E-state index in [2.05, 4.69) is 10.0 Å². The summed E-state index contributed by atoms with van der Waals surface area (Å²) in [5.41, 5.74) is 0.383. The fourth-order valence-corrected chi connectivity index (χ4v) is 1.94. The van der Waals surface area contributed by atoms with Crippen LogP contribution in [0.3, 0.4) is 0 Å². The van der Waals surface area contributed by atoms with Gasteiger partial charge in [0.05, 0.1) is 6.26 Å². The highest BCUT2D eigenvalue weighted by Crippen LogP contribution is 2.18. The van der Waals surface area contributed by atoms with Crippen LogP contribution in [0.1, 0.15) is 5.56 Å². The Balaban J connectivity index is 2.37. The van der Waals surface area contributed by atoms with Crippen LogP contribution in [0.5, 0.6) is 0 Å². The van der Waals surface area contributed by atoms with Crippen molar-refractivity contribution in [1.29, 1.82) is 0 Å². The molecule has 4 nitrogen and oxygen atoms in total. The highest BCUT2D eigenvalue weighted by Gasteiger charge is 2.06. The number of hydrogen-bond donors (Lipinski definition) is 2. The molecule has 0 aliphatic rings. The first kappa shape index (κ1) is 14.4. The molecular weight excluding hydrogens is 267 g/mol. The molecule has 7 heteroatoms. The number of sulfonamides is 1. The van der Waals surface area contributed by atoms with Crippen molar-refractivity contribution in [3.05, 3.63) is 34.6 Å². The smallest absolute Gasteiger partial charge is 0.208 e. The lowest BCUT2D eigenvalue weighted by molar-refractivity contribution is 0.572. The SMILES string of the molecule is CS(=O)(=O)NCCNCc1c(F)cccc1Cl. The summed E-state index contributed by atoms with van der Waals surface area (Å²) in [4.78, 5) is 0. The molecule has 0 saturated heterocycles. The number of halogens is 2. The minimum atomic E-state index is -3.18. The molecule has 1 aromatic rings. The van der Waals surface area contributed by atoms with E-state index in [0.29, 0.717) is 17.1 Å². The Morgan fingerprint density at radius 3 is 2.65 bits per heavy atom. The first-order valence-corrected chi connectivity index (χ1v) is 7.25. The van der Waals surface area contributed by atoms with Gasteiger partial charge in [0, 0.05) is 30.2 Å². The van der Waals surface area contributed by atoms with E-state index < -0.39 is 10.0 Å². The molecule has 0 spiro atoms. The van der Waals surface area contributed by atoms with Gasteiger partial charge < -0.3 is 5.32 Å². The summed E-state index contributed by atoms with van der Waals surface area (Å²) < 4.78 is 37.1. The van der Waals surface area contributed by atoms with E-state index in [1.54, 1.807) is 6.07 Å². The Hall–Kier alpha value is -0.690. The fraction of sp³-hybridized carbons (Fsp3) is 0.400. The van der Waals surface area contributed by atoms with E-state index in [1.807, 2.05) is 0 Å². The van der Waals surface area contributed by atoms with Crippen LogP contribution in [-0.2, 0) is 16.6 Å². The van der Waals surface area contributed by atoms with Crippen molar-refractivity contribution in [1.82, 2.24) is 10.0 Å². The zero-order chi connectivity index (χ0) is 12.9. The normalized spacial score (nSPS) is 11.7. The molecule has 0 saturated carbocycles. The number of hydrogen-bond acceptors (Lipinski definition) is 3. The van der Waals surface area contributed by atoms with Gasteiger partial charge in [-0.25, -0.2) is 17.5 Å². The topological polar surface area (TPSA) is 58.2 Å². The third kappa shape index (κ3) is 5.45. The first-order chi connectivity index (χ1) is 7.90. The molecule has 0 aliphatic carbocycles. The maximum atomic E-state index is 13.3. The van der Waals surface area contributed by atoms with E-state index in [1.165, 1.54) is 12.1 Å². The number of rotatable bonds is 6. The van der Waals surface area contributed by atoms with Gasteiger partial charge in [0.25, 0.3) is 0 Å². The molecule has 0 unspecified atom stereocenters. The standard InChI is InChI=1S/C10H14ClFN2O2S/c1-17(15,16)14-6-5-13-7-8-9(11)3-2-4-10(8)12/h2-4,13-14H,5-7H2,1H3. The molecular formula is C10H14ClFN2O2S. The minimum absolute atomic E-state index is 0.255. The molecule has 0 bridgehead atoms. The van der Waals surface area contributed by atoms with Crippen molar-refractivity contribution in [3.63, 3.8) is 0 Å². The lowest BCUT2D eigenvalue weighted by atomic mass is 10.2. The predicted octanol–water partition coefficient (Wildman–Crippen LogP) is 1.12. The van der Waals surface area contributed by atoms with E-state index in [0.717, 1.165) is 6.26 Å². The van der Waals surface area contributed by atoms with Gasteiger partial charge in [-0.05, 0) is 12.1 Å². The summed E-state index contributed by atoms with van der Waals surface area (Å²) in [6, 6.07) is 4.47. The Morgan fingerprint density at radius 2 is 2.06 bits per heavy atom. The summed E-state index contributed by atoms with van der Waals surface area (Å²) in [5.74, 6) is -0.374. The molecule has 0 fully saturated rings. The van der Waals surface area contributed by atoms with Gasteiger partial charge in [0.1, 0.15) is 5.82 Å². The quantitative estimate of drug-likeness (QED) is 0.768. The summed E-state index contributed by atoms with van der Waals surface area (Å²) in [5, 5.41) is 3.26. The molecule has 0 aromatic heterocycles. The second kappa shape index (κ2) is 6.30. The third-order valence-electron chi connectivity index (χ3n) is 2.03. The van der Waals surface area contributed by atoms with Crippen LogP contribution in [-0.4, -0.2) is 27.8 Å². The van der Waals surface area contributed by atoms with Crippen molar-refractivity contribution in [2.75, 3.05) is 19.3 Å². The maximum Gasteiger partial charge on any atom is 0.208 e. The Morgan fingerprint density at radius 1 is 1.35 bits per heavy atom. The molecule has 0 amide bonds. The predicted molar refractivity (Wildman–Crippen MR) is 66.0 cm³/mol. The van der Waals surface area contributed by atoms with Crippen LogP contribution in [0.4, 0.5) is 4.39 Å². The van der Waals surface area contributed by atoms with E-state index in [4.69, 9.17) is 11.6 Å². The minimum Gasteiger partial charge on any atom is -0.311 e. The lowest BCUT2D eigenvalue weighted by Crippen LogP contribution is -2.31. The van der Waals surface area contributed by atoms with Crippen molar-refractivity contribution < 1.29 is 12.8 Å².